The lowest BCUT2D eigenvalue weighted by Gasteiger charge is -2.16. The number of nitrogens with two attached hydrogens (primary N) is 1. The van der Waals surface area contributed by atoms with Crippen molar-refractivity contribution in [3.05, 3.63) is 11.6 Å². The Morgan fingerprint density at radius 1 is 1.58 bits per heavy atom. The summed E-state index contributed by atoms with van der Waals surface area (Å²) in [6.07, 6.45) is 0. The number of ether oxygens (including phenoxy) is 1. The summed E-state index contributed by atoms with van der Waals surface area (Å²) in [6, 6.07) is 1.03. The van der Waals surface area contributed by atoms with Gasteiger partial charge in [-0.15, -0.1) is 11.6 Å². The van der Waals surface area contributed by atoms with E-state index in [9.17, 15) is 13.2 Å². The number of halogens is 1. The average molecular weight is 309 g/mol. The number of hydrogen-bond donors (Lipinski definition) is 3. The number of nitrogens with one attached hydrogen (secondary N) is 1. The number of rotatable bonds is 4. The van der Waals surface area contributed by atoms with E-state index in [1.807, 2.05) is 0 Å². The monoisotopic (exact) mass is 308 g/mol. The maximum atomic E-state index is 11.3. The standard InChI is InChI=1S/C10H13ClN2O5S/c1-5-9(12)7(19(15,16)17)3-6(18-2)10(5)13-8(14)4-11/h3H,4,12H2,1-2H3,(H,13,14)(H,15,16,17). The van der Waals surface area contributed by atoms with Gasteiger partial charge in [0.2, 0.25) is 5.91 Å². The maximum Gasteiger partial charge on any atom is 0.296 e. The minimum atomic E-state index is -4.48. The van der Waals surface area contributed by atoms with Gasteiger partial charge in [0.25, 0.3) is 10.1 Å². The molecule has 0 atom stereocenters. The zero-order valence-electron chi connectivity index (χ0n) is 10.2. The predicted octanol–water partition coefficient (Wildman–Crippen LogP) is 1.01. The SMILES string of the molecule is COc1cc(S(=O)(=O)O)c(N)c(C)c1NC(=O)CCl. The Bertz CT molecular complexity index is 615. The van der Waals surface area contributed by atoms with Gasteiger partial charge in [-0.25, -0.2) is 0 Å². The van der Waals surface area contributed by atoms with Gasteiger partial charge in [0, 0.05) is 11.6 Å². The first-order valence-electron chi connectivity index (χ1n) is 5.02. The highest BCUT2D eigenvalue weighted by molar-refractivity contribution is 7.86. The summed E-state index contributed by atoms with van der Waals surface area (Å²) in [5.41, 5.74) is 5.92. The van der Waals surface area contributed by atoms with Crippen LogP contribution < -0.4 is 15.8 Å². The summed E-state index contributed by atoms with van der Waals surface area (Å²) in [5.74, 6) is -0.720. The Kier molecular flexibility index (Phi) is 4.61. The maximum absolute atomic E-state index is 11.3. The summed E-state index contributed by atoms with van der Waals surface area (Å²) in [4.78, 5) is 10.8. The third kappa shape index (κ3) is 3.28. The zero-order chi connectivity index (χ0) is 14.8. The van der Waals surface area contributed by atoms with Crippen LogP contribution in [0.4, 0.5) is 11.4 Å². The molecule has 0 aromatic heterocycles. The van der Waals surface area contributed by atoms with Crippen molar-refractivity contribution >= 4 is 39.0 Å². The Labute approximate surface area is 115 Å². The van der Waals surface area contributed by atoms with Crippen molar-refractivity contribution in [3.63, 3.8) is 0 Å². The minimum absolute atomic E-state index is 0.0535. The topological polar surface area (TPSA) is 119 Å². The second kappa shape index (κ2) is 5.64. The van der Waals surface area contributed by atoms with Gasteiger partial charge in [0.15, 0.2) is 0 Å². The van der Waals surface area contributed by atoms with Crippen LogP contribution in [0.3, 0.4) is 0 Å². The Morgan fingerprint density at radius 2 is 2.16 bits per heavy atom. The molecule has 0 fully saturated rings. The summed E-state index contributed by atoms with van der Waals surface area (Å²) in [7, 11) is -3.20. The largest absolute Gasteiger partial charge is 0.495 e. The molecule has 0 aliphatic heterocycles. The Morgan fingerprint density at radius 3 is 2.58 bits per heavy atom. The number of benzene rings is 1. The van der Waals surface area contributed by atoms with E-state index in [-0.39, 0.29) is 28.6 Å². The normalized spacial score (nSPS) is 11.2. The number of nitrogen functional groups attached to an aromatic ring is 1. The molecule has 106 valence electrons. The van der Waals surface area contributed by atoms with Gasteiger partial charge in [-0.3, -0.25) is 9.35 Å². The molecule has 1 aromatic rings. The number of hydrogen-bond acceptors (Lipinski definition) is 5. The molecule has 7 nitrogen and oxygen atoms in total. The van der Waals surface area contributed by atoms with Crippen molar-refractivity contribution in [1.82, 2.24) is 0 Å². The summed E-state index contributed by atoms with van der Waals surface area (Å²) in [6.45, 7) is 1.48. The molecule has 1 aromatic carbocycles. The lowest BCUT2D eigenvalue weighted by Crippen LogP contribution is -2.16. The lowest BCUT2D eigenvalue weighted by atomic mass is 10.1. The van der Waals surface area contributed by atoms with Crippen molar-refractivity contribution in [1.29, 1.82) is 0 Å². The number of carbonyl (C=O) groups is 1. The number of anilines is 2. The highest BCUT2D eigenvalue weighted by atomic mass is 35.5. The van der Waals surface area contributed by atoms with E-state index in [1.165, 1.54) is 14.0 Å². The van der Waals surface area contributed by atoms with Gasteiger partial charge in [-0.1, -0.05) is 0 Å². The number of methoxy groups -OCH3 is 1. The molecule has 19 heavy (non-hydrogen) atoms. The lowest BCUT2D eigenvalue weighted by molar-refractivity contribution is -0.113. The smallest absolute Gasteiger partial charge is 0.296 e. The van der Waals surface area contributed by atoms with Gasteiger partial charge in [-0.05, 0) is 6.92 Å². The fourth-order valence-corrected chi connectivity index (χ4v) is 2.23. The number of carbonyl (C=O) groups excluding carboxylic acids is 1. The van der Waals surface area contributed by atoms with E-state index in [1.54, 1.807) is 0 Å². The predicted molar refractivity (Wildman–Crippen MR) is 71.3 cm³/mol. The molecule has 4 N–H and O–H groups in total. The summed E-state index contributed by atoms with van der Waals surface area (Å²) >= 11 is 5.37. The summed E-state index contributed by atoms with van der Waals surface area (Å²) < 4.78 is 36.4. The summed E-state index contributed by atoms with van der Waals surface area (Å²) in [5, 5.41) is 2.45. The minimum Gasteiger partial charge on any atom is -0.495 e. The van der Waals surface area contributed by atoms with Crippen molar-refractivity contribution in [2.24, 2.45) is 0 Å². The second-order valence-electron chi connectivity index (χ2n) is 3.65. The zero-order valence-corrected chi connectivity index (χ0v) is 11.8. The molecule has 1 rings (SSSR count). The van der Waals surface area contributed by atoms with Crippen LogP contribution in [-0.2, 0) is 14.9 Å². The first-order valence-corrected chi connectivity index (χ1v) is 7.00. The van der Waals surface area contributed by atoms with E-state index >= 15 is 0 Å². The van der Waals surface area contributed by atoms with Crippen LogP contribution in [0.2, 0.25) is 0 Å². The van der Waals surface area contributed by atoms with Gasteiger partial charge < -0.3 is 15.8 Å². The second-order valence-corrected chi connectivity index (χ2v) is 5.30. The molecule has 0 aliphatic rings. The molecular weight excluding hydrogens is 296 g/mol. The molecule has 1 amide bonds. The molecule has 0 spiro atoms. The number of alkyl halides is 1. The van der Waals surface area contributed by atoms with E-state index in [0.29, 0.717) is 0 Å². The van der Waals surface area contributed by atoms with E-state index in [2.05, 4.69) is 5.32 Å². The van der Waals surface area contributed by atoms with Crippen LogP contribution in [0.1, 0.15) is 5.56 Å². The van der Waals surface area contributed by atoms with Crippen molar-refractivity contribution in [2.75, 3.05) is 24.0 Å². The first kappa shape index (κ1) is 15.5. The van der Waals surface area contributed by atoms with Crippen LogP contribution in [0, 0.1) is 6.92 Å². The highest BCUT2D eigenvalue weighted by Crippen LogP contribution is 2.37. The van der Waals surface area contributed by atoms with Crippen molar-refractivity contribution in [3.8, 4) is 5.75 Å². The van der Waals surface area contributed by atoms with Gasteiger partial charge >= 0.3 is 0 Å². The van der Waals surface area contributed by atoms with E-state index in [0.717, 1.165) is 6.07 Å². The van der Waals surface area contributed by atoms with Crippen molar-refractivity contribution in [2.45, 2.75) is 11.8 Å². The highest BCUT2D eigenvalue weighted by Gasteiger charge is 2.22. The molecule has 0 bridgehead atoms. The fourth-order valence-electron chi connectivity index (χ4n) is 1.48. The van der Waals surface area contributed by atoms with Crippen LogP contribution in [0.5, 0.6) is 5.75 Å². The quantitative estimate of drug-likeness (QED) is 0.434. The fraction of sp³-hybridized carbons (Fsp3) is 0.300. The average Bonchev–Trinajstić information content (AvgIpc) is 2.33. The molecule has 9 heteroatoms. The van der Waals surface area contributed by atoms with Crippen LogP contribution in [0.15, 0.2) is 11.0 Å². The number of amides is 1. The molecule has 0 aliphatic carbocycles. The van der Waals surface area contributed by atoms with Crippen LogP contribution in [0.25, 0.3) is 0 Å². The molecule has 0 heterocycles. The van der Waals surface area contributed by atoms with E-state index < -0.39 is 20.9 Å². The van der Waals surface area contributed by atoms with E-state index in [4.69, 9.17) is 26.6 Å². The molecule has 0 saturated heterocycles. The third-order valence-electron chi connectivity index (χ3n) is 2.44. The third-order valence-corrected chi connectivity index (χ3v) is 3.57. The van der Waals surface area contributed by atoms with Gasteiger partial charge in [0.1, 0.15) is 16.5 Å². The van der Waals surface area contributed by atoms with Gasteiger partial charge in [-0.2, -0.15) is 8.42 Å². The van der Waals surface area contributed by atoms with Crippen molar-refractivity contribution < 1.29 is 22.5 Å². The first-order chi connectivity index (χ1) is 8.72. The Hall–Kier alpha value is -1.51. The van der Waals surface area contributed by atoms with Crippen LogP contribution >= 0.6 is 11.6 Å². The van der Waals surface area contributed by atoms with Gasteiger partial charge in [0.05, 0.1) is 18.5 Å². The van der Waals surface area contributed by atoms with Crippen LogP contribution in [-0.4, -0.2) is 31.9 Å². The molecule has 0 saturated carbocycles. The Balaban J connectivity index is 3.51. The molecule has 0 radical (unpaired) electrons. The molecular formula is C10H13ClN2O5S. The molecule has 0 unspecified atom stereocenters.